The molecule has 1 aliphatic carbocycles. The van der Waals surface area contributed by atoms with Crippen LogP contribution in [0.2, 0.25) is 0 Å². The van der Waals surface area contributed by atoms with Crippen molar-refractivity contribution in [2.45, 2.75) is 37.3 Å². The molecule has 1 fully saturated rings. The highest BCUT2D eigenvalue weighted by Gasteiger charge is 2.40. The summed E-state index contributed by atoms with van der Waals surface area (Å²) in [6.07, 6.45) is 2.29. The Morgan fingerprint density at radius 1 is 1.56 bits per heavy atom. The molecule has 1 amide bonds. The standard InChI is InChI=1S/C10H18N2O4/c1-16-6-7(11)9(15)12-10(3-2-4-10)5-8(13)14/h7H,2-6,11H2,1H3,(H,12,15)(H,13,14). The lowest BCUT2D eigenvalue weighted by Crippen LogP contribution is -2.59. The summed E-state index contributed by atoms with van der Waals surface area (Å²) in [5, 5.41) is 11.5. The number of hydrogen-bond acceptors (Lipinski definition) is 4. The van der Waals surface area contributed by atoms with Gasteiger partial charge in [-0.3, -0.25) is 9.59 Å². The van der Waals surface area contributed by atoms with Crippen molar-refractivity contribution in [3.8, 4) is 0 Å². The van der Waals surface area contributed by atoms with E-state index in [1.54, 1.807) is 0 Å². The Bertz CT molecular complexity index is 276. The Balaban J connectivity index is 2.49. The number of hydrogen-bond donors (Lipinski definition) is 3. The molecule has 6 nitrogen and oxygen atoms in total. The van der Waals surface area contributed by atoms with Crippen LogP contribution in [-0.2, 0) is 14.3 Å². The molecule has 4 N–H and O–H groups in total. The van der Waals surface area contributed by atoms with Crippen molar-refractivity contribution in [3.63, 3.8) is 0 Å². The molecule has 0 aliphatic heterocycles. The molecular weight excluding hydrogens is 212 g/mol. The summed E-state index contributed by atoms with van der Waals surface area (Å²) in [5.41, 5.74) is 4.97. The third-order valence-corrected chi connectivity index (χ3v) is 2.87. The Morgan fingerprint density at radius 3 is 2.56 bits per heavy atom. The van der Waals surface area contributed by atoms with Gasteiger partial charge in [-0.1, -0.05) is 0 Å². The second-order valence-electron chi connectivity index (χ2n) is 4.26. The SMILES string of the molecule is COCC(N)C(=O)NC1(CC(=O)O)CCC1. The van der Waals surface area contributed by atoms with Gasteiger partial charge in [0.15, 0.2) is 0 Å². The van der Waals surface area contributed by atoms with Crippen LogP contribution in [-0.4, -0.2) is 42.3 Å². The predicted molar refractivity (Wildman–Crippen MR) is 56.8 cm³/mol. The van der Waals surface area contributed by atoms with Gasteiger partial charge in [0.2, 0.25) is 5.91 Å². The molecule has 6 heteroatoms. The zero-order valence-electron chi connectivity index (χ0n) is 9.36. The van der Waals surface area contributed by atoms with E-state index in [9.17, 15) is 9.59 Å². The average molecular weight is 230 g/mol. The number of carbonyl (C=O) groups excluding carboxylic acids is 1. The van der Waals surface area contributed by atoms with Gasteiger partial charge in [-0.25, -0.2) is 0 Å². The normalized spacial score (nSPS) is 19.6. The van der Waals surface area contributed by atoms with Crippen molar-refractivity contribution in [1.82, 2.24) is 5.32 Å². The first-order valence-electron chi connectivity index (χ1n) is 5.27. The lowest BCUT2D eigenvalue weighted by atomic mass is 9.74. The minimum absolute atomic E-state index is 0.0432. The van der Waals surface area contributed by atoms with Crippen LogP contribution in [0.15, 0.2) is 0 Å². The van der Waals surface area contributed by atoms with Crippen LogP contribution in [0.1, 0.15) is 25.7 Å². The molecule has 0 aromatic carbocycles. The van der Waals surface area contributed by atoms with Gasteiger partial charge in [-0.05, 0) is 19.3 Å². The van der Waals surface area contributed by atoms with Crippen LogP contribution < -0.4 is 11.1 Å². The summed E-state index contributed by atoms with van der Waals surface area (Å²) in [6.45, 7) is 0.134. The summed E-state index contributed by atoms with van der Waals surface area (Å²) in [7, 11) is 1.46. The molecule has 1 rings (SSSR count). The summed E-state index contributed by atoms with van der Waals surface area (Å²) in [4.78, 5) is 22.3. The molecule has 0 aromatic rings. The van der Waals surface area contributed by atoms with E-state index in [-0.39, 0.29) is 18.9 Å². The van der Waals surface area contributed by atoms with Gasteiger partial charge >= 0.3 is 5.97 Å². The number of ether oxygens (including phenoxy) is 1. The van der Waals surface area contributed by atoms with Gasteiger partial charge < -0.3 is 20.9 Å². The molecule has 16 heavy (non-hydrogen) atoms. The largest absolute Gasteiger partial charge is 0.481 e. The Hall–Kier alpha value is -1.14. The van der Waals surface area contributed by atoms with E-state index in [0.29, 0.717) is 12.8 Å². The number of carbonyl (C=O) groups is 2. The number of carboxylic acids is 1. The maximum Gasteiger partial charge on any atom is 0.305 e. The van der Waals surface area contributed by atoms with Gasteiger partial charge in [0, 0.05) is 7.11 Å². The maximum atomic E-state index is 11.6. The van der Waals surface area contributed by atoms with Crippen LogP contribution >= 0.6 is 0 Å². The molecule has 0 aromatic heterocycles. The zero-order chi connectivity index (χ0) is 12.2. The van der Waals surface area contributed by atoms with E-state index in [4.69, 9.17) is 15.6 Å². The van der Waals surface area contributed by atoms with Crippen molar-refractivity contribution >= 4 is 11.9 Å². The van der Waals surface area contributed by atoms with Crippen molar-refractivity contribution in [1.29, 1.82) is 0 Å². The molecule has 1 aliphatic rings. The van der Waals surface area contributed by atoms with Gasteiger partial charge in [0.25, 0.3) is 0 Å². The minimum atomic E-state index is -0.902. The minimum Gasteiger partial charge on any atom is -0.481 e. The van der Waals surface area contributed by atoms with Crippen molar-refractivity contribution in [2.75, 3.05) is 13.7 Å². The highest BCUT2D eigenvalue weighted by atomic mass is 16.5. The maximum absolute atomic E-state index is 11.6. The third-order valence-electron chi connectivity index (χ3n) is 2.87. The molecule has 92 valence electrons. The lowest BCUT2D eigenvalue weighted by Gasteiger charge is -2.42. The number of carboxylic acid groups (broad SMARTS) is 1. The molecule has 1 saturated carbocycles. The quantitative estimate of drug-likeness (QED) is 0.569. The topological polar surface area (TPSA) is 102 Å². The molecule has 0 heterocycles. The monoisotopic (exact) mass is 230 g/mol. The van der Waals surface area contributed by atoms with Crippen LogP contribution in [0.4, 0.5) is 0 Å². The van der Waals surface area contributed by atoms with Crippen LogP contribution in [0.5, 0.6) is 0 Å². The van der Waals surface area contributed by atoms with Gasteiger partial charge in [-0.15, -0.1) is 0 Å². The summed E-state index contributed by atoms with van der Waals surface area (Å²) in [6, 6.07) is -0.740. The first-order valence-corrected chi connectivity index (χ1v) is 5.27. The Kier molecular flexibility index (Phi) is 4.26. The van der Waals surface area contributed by atoms with Crippen LogP contribution in [0.3, 0.4) is 0 Å². The second-order valence-corrected chi connectivity index (χ2v) is 4.26. The van der Waals surface area contributed by atoms with E-state index in [0.717, 1.165) is 6.42 Å². The first kappa shape index (κ1) is 12.9. The molecular formula is C10H18N2O4. The summed E-state index contributed by atoms with van der Waals surface area (Å²) < 4.78 is 4.77. The van der Waals surface area contributed by atoms with E-state index in [1.807, 2.05) is 0 Å². The fourth-order valence-corrected chi connectivity index (χ4v) is 1.85. The van der Waals surface area contributed by atoms with Gasteiger partial charge in [-0.2, -0.15) is 0 Å². The fraction of sp³-hybridized carbons (Fsp3) is 0.800. The smallest absolute Gasteiger partial charge is 0.305 e. The molecule has 0 radical (unpaired) electrons. The molecule has 0 bridgehead atoms. The van der Waals surface area contributed by atoms with E-state index in [1.165, 1.54) is 7.11 Å². The second kappa shape index (κ2) is 5.27. The fourth-order valence-electron chi connectivity index (χ4n) is 1.85. The summed E-state index contributed by atoms with van der Waals surface area (Å²) in [5.74, 6) is -1.25. The van der Waals surface area contributed by atoms with Gasteiger partial charge in [0.1, 0.15) is 6.04 Å². The van der Waals surface area contributed by atoms with Gasteiger partial charge in [0.05, 0.1) is 18.6 Å². The predicted octanol–water partition coefficient (Wildman–Crippen LogP) is -0.526. The average Bonchev–Trinajstić information content (AvgIpc) is 2.13. The van der Waals surface area contributed by atoms with Crippen LogP contribution in [0.25, 0.3) is 0 Å². The molecule has 1 atom stereocenters. The number of rotatable bonds is 6. The van der Waals surface area contributed by atoms with Crippen LogP contribution in [0, 0.1) is 0 Å². The van der Waals surface area contributed by atoms with E-state index in [2.05, 4.69) is 5.32 Å². The van der Waals surface area contributed by atoms with E-state index >= 15 is 0 Å². The number of amides is 1. The lowest BCUT2D eigenvalue weighted by molar-refractivity contribution is -0.140. The van der Waals surface area contributed by atoms with Crippen molar-refractivity contribution in [3.05, 3.63) is 0 Å². The Morgan fingerprint density at radius 2 is 2.19 bits per heavy atom. The highest BCUT2D eigenvalue weighted by Crippen LogP contribution is 2.34. The first-order chi connectivity index (χ1) is 7.49. The number of nitrogens with one attached hydrogen (secondary N) is 1. The molecule has 0 spiro atoms. The van der Waals surface area contributed by atoms with Crippen molar-refractivity contribution < 1.29 is 19.4 Å². The van der Waals surface area contributed by atoms with Crippen molar-refractivity contribution in [2.24, 2.45) is 5.73 Å². The third kappa shape index (κ3) is 3.18. The molecule has 0 saturated heterocycles. The number of aliphatic carboxylic acids is 1. The number of methoxy groups -OCH3 is 1. The molecule has 1 unspecified atom stereocenters. The summed E-state index contributed by atoms with van der Waals surface area (Å²) >= 11 is 0. The van der Waals surface area contributed by atoms with E-state index < -0.39 is 17.6 Å². The Labute approximate surface area is 94.1 Å². The highest BCUT2D eigenvalue weighted by molar-refractivity contribution is 5.83. The zero-order valence-corrected chi connectivity index (χ0v) is 9.36. The number of nitrogens with two attached hydrogens (primary N) is 1.